The third-order valence-corrected chi connectivity index (χ3v) is 1.52. The molecule has 0 spiro atoms. The molecule has 10 heavy (non-hydrogen) atoms. The van der Waals surface area contributed by atoms with Crippen molar-refractivity contribution < 1.29 is 0 Å². The molecule has 0 bridgehead atoms. The molecule has 50 valence electrons. The van der Waals surface area contributed by atoms with Gasteiger partial charge in [0.2, 0.25) is 0 Å². The minimum absolute atomic E-state index is 0.582. The van der Waals surface area contributed by atoms with Crippen LogP contribution in [0.15, 0.2) is 24.7 Å². The predicted octanol–water partition coefficient (Wildman–Crippen LogP) is 1.15. The van der Waals surface area contributed by atoms with Gasteiger partial charge in [0.15, 0.2) is 0 Å². The van der Waals surface area contributed by atoms with Crippen LogP contribution in [0.3, 0.4) is 0 Å². The Balaban J connectivity index is 2.95. The van der Waals surface area contributed by atoms with Crippen LogP contribution >= 0.6 is 0 Å². The van der Waals surface area contributed by atoms with E-state index in [1.54, 1.807) is 6.20 Å². The Morgan fingerprint density at radius 1 is 1.40 bits per heavy atom. The van der Waals surface area contributed by atoms with Gasteiger partial charge in [-0.2, -0.15) is 0 Å². The molecule has 0 atom stereocenters. The molecule has 0 aliphatic carbocycles. The molecule has 0 saturated heterocycles. The summed E-state index contributed by atoms with van der Waals surface area (Å²) in [5.41, 5.74) is 5.57. The normalized spacial score (nSPS) is 10.4. The molecule has 0 radical (unpaired) electrons. The lowest BCUT2D eigenvalue weighted by Gasteiger charge is -1.90. The number of anilines is 1. The summed E-state index contributed by atoms with van der Waals surface area (Å²) in [5, 5.41) is 2.09. The molecule has 0 saturated carbocycles. The van der Waals surface area contributed by atoms with Gasteiger partial charge in [0.1, 0.15) is 5.82 Å². The second kappa shape index (κ2) is 1.73. The Labute approximate surface area is 57.9 Å². The van der Waals surface area contributed by atoms with Crippen molar-refractivity contribution in [3.8, 4) is 0 Å². The summed E-state index contributed by atoms with van der Waals surface area (Å²) in [6, 6.07) is 1.92. The Bertz CT molecular complexity index is 350. The number of nitrogens with two attached hydrogens (primary N) is 1. The molecule has 3 N–H and O–H groups in total. The van der Waals surface area contributed by atoms with Gasteiger partial charge in [-0.15, -0.1) is 0 Å². The first kappa shape index (κ1) is 5.29. The maximum Gasteiger partial charge on any atom is 0.132 e. The van der Waals surface area contributed by atoms with Crippen LogP contribution in [0.2, 0.25) is 0 Å². The van der Waals surface area contributed by atoms with Gasteiger partial charge in [0, 0.05) is 29.4 Å². The molecule has 0 aromatic carbocycles. The van der Waals surface area contributed by atoms with Gasteiger partial charge in [0.05, 0.1) is 0 Å². The summed E-state index contributed by atoms with van der Waals surface area (Å²) in [6.07, 6.45) is 5.44. The van der Waals surface area contributed by atoms with Gasteiger partial charge < -0.3 is 10.7 Å². The molecule has 0 aliphatic heterocycles. The van der Waals surface area contributed by atoms with Crippen LogP contribution < -0.4 is 5.73 Å². The highest BCUT2D eigenvalue weighted by Crippen LogP contribution is 2.16. The maximum atomic E-state index is 5.57. The quantitative estimate of drug-likeness (QED) is 0.566. The monoisotopic (exact) mass is 133 g/mol. The average molecular weight is 133 g/mol. The topological polar surface area (TPSA) is 54.7 Å². The zero-order valence-corrected chi connectivity index (χ0v) is 5.33. The van der Waals surface area contributed by atoms with E-state index in [9.17, 15) is 0 Å². The van der Waals surface area contributed by atoms with Crippen LogP contribution in [0.1, 0.15) is 0 Å². The summed E-state index contributed by atoms with van der Waals surface area (Å²) in [5.74, 6) is 0.582. The van der Waals surface area contributed by atoms with Crippen LogP contribution in [0.5, 0.6) is 0 Å². The van der Waals surface area contributed by atoms with E-state index < -0.39 is 0 Å². The molecule has 0 unspecified atom stereocenters. The minimum atomic E-state index is 0.582. The molecule has 0 amide bonds. The second-order valence-corrected chi connectivity index (χ2v) is 2.15. The van der Waals surface area contributed by atoms with Gasteiger partial charge in [-0.25, -0.2) is 4.98 Å². The molecular weight excluding hydrogens is 126 g/mol. The van der Waals surface area contributed by atoms with Gasteiger partial charge in [0.25, 0.3) is 0 Å². The molecule has 2 aromatic rings. The Morgan fingerprint density at radius 2 is 2.30 bits per heavy atom. The highest BCUT2D eigenvalue weighted by Gasteiger charge is 1.95. The van der Waals surface area contributed by atoms with Crippen molar-refractivity contribution in [1.82, 2.24) is 9.97 Å². The number of hydrogen-bond acceptors (Lipinski definition) is 2. The lowest BCUT2D eigenvalue weighted by Crippen LogP contribution is -1.87. The standard InChI is InChI=1S/C7H7N3/c8-7-6-4-9-3-5(6)1-2-10-7/h1-4,9H,(H2,8,10). The highest BCUT2D eigenvalue weighted by molar-refractivity contribution is 5.90. The average Bonchev–Trinajstić information content (AvgIpc) is 2.36. The highest BCUT2D eigenvalue weighted by atomic mass is 14.8. The number of fused-ring (bicyclic) bond motifs is 1. The van der Waals surface area contributed by atoms with E-state index in [2.05, 4.69) is 9.97 Å². The summed E-state index contributed by atoms with van der Waals surface area (Å²) >= 11 is 0. The first-order chi connectivity index (χ1) is 4.88. The number of hydrogen-bond donors (Lipinski definition) is 2. The van der Waals surface area contributed by atoms with Gasteiger partial charge in [-0.3, -0.25) is 0 Å². The Kier molecular flexibility index (Phi) is 0.917. The summed E-state index contributed by atoms with van der Waals surface area (Å²) in [7, 11) is 0. The first-order valence-electron chi connectivity index (χ1n) is 3.05. The smallest absolute Gasteiger partial charge is 0.132 e. The van der Waals surface area contributed by atoms with Gasteiger partial charge in [-0.1, -0.05) is 0 Å². The van der Waals surface area contributed by atoms with Gasteiger partial charge in [-0.05, 0) is 6.07 Å². The van der Waals surface area contributed by atoms with Crippen molar-refractivity contribution in [2.45, 2.75) is 0 Å². The number of aromatic nitrogens is 2. The molecule has 0 aliphatic rings. The van der Waals surface area contributed by atoms with E-state index in [-0.39, 0.29) is 0 Å². The number of aromatic amines is 1. The number of nitrogens with zero attached hydrogens (tertiary/aromatic N) is 1. The van der Waals surface area contributed by atoms with E-state index in [0.717, 1.165) is 10.8 Å². The molecule has 2 rings (SSSR count). The van der Waals surface area contributed by atoms with Crippen molar-refractivity contribution in [3.63, 3.8) is 0 Å². The Morgan fingerprint density at radius 3 is 3.10 bits per heavy atom. The van der Waals surface area contributed by atoms with E-state index in [1.807, 2.05) is 18.5 Å². The predicted molar refractivity (Wildman–Crippen MR) is 40.5 cm³/mol. The van der Waals surface area contributed by atoms with Crippen LogP contribution in [0.25, 0.3) is 10.8 Å². The van der Waals surface area contributed by atoms with E-state index in [1.165, 1.54) is 0 Å². The lowest BCUT2D eigenvalue weighted by molar-refractivity contribution is 1.37. The van der Waals surface area contributed by atoms with E-state index in [4.69, 9.17) is 5.73 Å². The fourth-order valence-corrected chi connectivity index (χ4v) is 1.00. The van der Waals surface area contributed by atoms with Crippen molar-refractivity contribution >= 4 is 16.6 Å². The number of nitrogens with one attached hydrogen (secondary N) is 1. The molecule has 3 heteroatoms. The van der Waals surface area contributed by atoms with Crippen LogP contribution in [0.4, 0.5) is 5.82 Å². The molecule has 2 heterocycles. The first-order valence-corrected chi connectivity index (χ1v) is 3.05. The van der Waals surface area contributed by atoms with Crippen molar-refractivity contribution in [1.29, 1.82) is 0 Å². The number of pyridine rings is 1. The van der Waals surface area contributed by atoms with Gasteiger partial charge >= 0.3 is 0 Å². The van der Waals surface area contributed by atoms with Crippen LogP contribution in [-0.4, -0.2) is 9.97 Å². The fraction of sp³-hybridized carbons (Fsp3) is 0. The van der Waals surface area contributed by atoms with E-state index in [0.29, 0.717) is 5.82 Å². The summed E-state index contributed by atoms with van der Waals surface area (Å²) < 4.78 is 0. The maximum absolute atomic E-state index is 5.57. The fourth-order valence-electron chi connectivity index (χ4n) is 1.00. The summed E-state index contributed by atoms with van der Waals surface area (Å²) in [4.78, 5) is 6.90. The molecule has 0 fully saturated rings. The zero-order chi connectivity index (χ0) is 6.97. The second-order valence-electron chi connectivity index (χ2n) is 2.15. The zero-order valence-electron chi connectivity index (χ0n) is 5.33. The minimum Gasteiger partial charge on any atom is -0.383 e. The summed E-state index contributed by atoms with van der Waals surface area (Å²) in [6.45, 7) is 0. The molecule has 3 nitrogen and oxygen atoms in total. The number of rotatable bonds is 0. The van der Waals surface area contributed by atoms with Crippen LogP contribution in [0, 0.1) is 0 Å². The Hall–Kier alpha value is -1.51. The number of nitrogen functional groups attached to an aromatic ring is 1. The lowest BCUT2D eigenvalue weighted by atomic mass is 10.3. The third-order valence-electron chi connectivity index (χ3n) is 1.52. The largest absolute Gasteiger partial charge is 0.383 e. The van der Waals surface area contributed by atoms with E-state index >= 15 is 0 Å². The van der Waals surface area contributed by atoms with Crippen LogP contribution in [-0.2, 0) is 0 Å². The number of H-pyrrole nitrogens is 1. The van der Waals surface area contributed by atoms with Crippen molar-refractivity contribution in [3.05, 3.63) is 24.7 Å². The van der Waals surface area contributed by atoms with Crippen molar-refractivity contribution in [2.24, 2.45) is 0 Å². The van der Waals surface area contributed by atoms with Crippen molar-refractivity contribution in [2.75, 3.05) is 5.73 Å². The molecule has 2 aromatic heterocycles. The molecular formula is C7H7N3. The SMILES string of the molecule is Nc1nccc2c[nH]cc12. The third kappa shape index (κ3) is 0.572.